The number of para-hydroxylation sites is 2. The Hall–Kier alpha value is -3.25. The van der Waals surface area contributed by atoms with Gasteiger partial charge in [0.05, 0.1) is 32.0 Å². The van der Waals surface area contributed by atoms with Gasteiger partial charge in [-0.05, 0) is 37.1 Å². The first-order valence-electron chi connectivity index (χ1n) is 11.9. The van der Waals surface area contributed by atoms with Gasteiger partial charge in [0.15, 0.2) is 0 Å². The fraction of sp³-hybridized carbons (Fsp3) is 0.370. The van der Waals surface area contributed by atoms with Crippen LogP contribution in [-0.4, -0.2) is 39.3 Å². The molecular weight excluding hydrogens is 414 g/mol. The molecule has 0 unspecified atom stereocenters. The number of benzene rings is 2. The van der Waals surface area contributed by atoms with Crippen LogP contribution >= 0.6 is 0 Å². The first-order chi connectivity index (χ1) is 16.2. The normalized spacial score (nSPS) is 15.7. The summed E-state index contributed by atoms with van der Waals surface area (Å²) < 4.78 is 7.65. The zero-order valence-corrected chi connectivity index (χ0v) is 18.8. The molecule has 2 aromatic carbocycles. The number of fused-ring (bicyclic) bond motifs is 3. The first-order valence-corrected chi connectivity index (χ1v) is 11.9. The van der Waals surface area contributed by atoms with Crippen LogP contribution in [0.25, 0.3) is 21.8 Å². The predicted molar refractivity (Wildman–Crippen MR) is 130 cm³/mol. The van der Waals surface area contributed by atoms with Gasteiger partial charge >= 0.3 is 6.03 Å². The van der Waals surface area contributed by atoms with Gasteiger partial charge in [0, 0.05) is 27.8 Å². The molecule has 172 valence electrons. The summed E-state index contributed by atoms with van der Waals surface area (Å²) in [5.41, 5.74) is 2.17. The highest BCUT2D eigenvalue weighted by Crippen LogP contribution is 2.29. The largest absolute Gasteiger partial charge is 0.467 e. The third kappa shape index (κ3) is 4.76. The highest BCUT2D eigenvalue weighted by Gasteiger charge is 2.24. The molecule has 1 saturated carbocycles. The number of hydrogen-bond donors (Lipinski definition) is 2. The maximum absolute atomic E-state index is 13.2. The zero-order valence-electron chi connectivity index (χ0n) is 18.8. The molecule has 1 atom stereocenters. The molecule has 2 aromatic heterocycles. The van der Waals surface area contributed by atoms with Gasteiger partial charge in [-0.2, -0.15) is 0 Å². The number of carbonyl (C=O) groups is 1. The highest BCUT2D eigenvalue weighted by atomic mass is 16.3. The maximum Gasteiger partial charge on any atom is 0.318 e. The second-order valence-electron chi connectivity index (χ2n) is 9.04. The molecule has 0 bridgehead atoms. The smallest absolute Gasteiger partial charge is 0.318 e. The molecule has 2 amide bonds. The summed E-state index contributed by atoms with van der Waals surface area (Å²) in [4.78, 5) is 14.8. The van der Waals surface area contributed by atoms with E-state index in [1.54, 1.807) is 11.2 Å². The fourth-order valence-corrected chi connectivity index (χ4v) is 5.05. The average molecular weight is 446 g/mol. The van der Waals surface area contributed by atoms with Gasteiger partial charge in [-0.15, -0.1) is 0 Å². The topological polar surface area (TPSA) is 70.6 Å². The van der Waals surface area contributed by atoms with Crippen LogP contribution in [0.4, 0.5) is 4.79 Å². The van der Waals surface area contributed by atoms with Gasteiger partial charge in [-0.1, -0.05) is 55.7 Å². The Morgan fingerprint density at radius 2 is 1.67 bits per heavy atom. The van der Waals surface area contributed by atoms with Gasteiger partial charge in [-0.25, -0.2) is 4.79 Å². The number of urea groups is 1. The number of furan rings is 1. The summed E-state index contributed by atoms with van der Waals surface area (Å²) in [6.45, 7) is 0.954. The lowest BCUT2D eigenvalue weighted by molar-refractivity contribution is 0.101. The molecule has 0 radical (unpaired) electrons. The molecular formula is C27H31N3O3. The van der Waals surface area contributed by atoms with Crippen LogP contribution in [0.15, 0.2) is 71.3 Å². The molecule has 2 N–H and O–H groups in total. The van der Waals surface area contributed by atoms with Crippen LogP contribution in [-0.2, 0) is 13.1 Å². The van der Waals surface area contributed by atoms with Crippen LogP contribution in [0.2, 0.25) is 0 Å². The van der Waals surface area contributed by atoms with Crippen molar-refractivity contribution in [1.82, 2.24) is 14.8 Å². The maximum atomic E-state index is 13.2. The molecule has 6 heteroatoms. The van der Waals surface area contributed by atoms with E-state index in [-0.39, 0.29) is 18.6 Å². The quantitative estimate of drug-likeness (QED) is 0.406. The number of nitrogens with one attached hydrogen (secondary N) is 1. The molecule has 0 saturated heterocycles. The van der Waals surface area contributed by atoms with Gasteiger partial charge in [0.1, 0.15) is 5.76 Å². The van der Waals surface area contributed by atoms with Crippen molar-refractivity contribution in [3.05, 3.63) is 72.7 Å². The van der Waals surface area contributed by atoms with E-state index in [1.807, 2.05) is 36.4 Å². The molecule has 6 nitrogen and oxygen atoms in total. The van der Waals surface area contributed by atoms with Crippen molar-refractivity contribution >= 4 is 27.8 Å². The number of carbonyl (C=O) groups excluding carboxylic acids is 1. The molecule has 33 heavy (non-hydrogen) atoms. The third-order valence-electron chi connectivity index (χ3n) is 6.65. The van der Waals surface area contributed by atoms with Crippen LogP contribution in [0.5, 0.6) is 0 Å². The molecule has 5 rings (SSSR count). The van der Waals surface area contributed by atoms with Crippen LogP contribution in [0.1, 0.15) is 37.9 Å². The van der Waals surface area contributed by atoms with Crippen molar-refractivity contribution in [2.75, 3.05) is 6.54 Å². The standard InChI is InChI=1S/C27H31N3O3/c31-21(18-30-25-14-6-4-12-23(25)24-13-5-7-15-26(24)30)17-29(19-22-11-8-16-33-22)27(32)28-20-9-2-1-3-10-20/h4-8,11-16,20-21,31H,1-3,9-10,17-19H2,(H,28,32)/t21-/m1/s1. The van der Waals surface area contributed by atoms with Crippen molar-refractivity contribution < 1.29 is 14.3 Å². The number of aliphatic hydroxyl groups is 1. The van der Waals surface area contributed by atoms with Crippen LogP contribution < -0.4 is 5.32 Å². The Labute approximate surface area is 193 Å². The molecule has 0 spiro atoms. The number of rotatable bonds is 7. The Kier molecular flexibility index (Phi) is 6.35. The van der Waals surface area contributed by atoms with Gasteiger partial charge < -0.3 is 24.3 Å². The van der Waals surface area contributed by atoms with Crippen molar-refractivity contribution in [1.29, 1.82) is 0 Å². The summed E-state index contributed by atoms with van der Waals surface area (Å²) in [6.07, 6.45) is 6.46. The SMILES string of the molecule is O=C(NC1CCCCC1)N(Cc1ccco1)C[C@@H](O)Cn1c2ccccc2c2ccccc21. The van der Waals surface area contributed by atoms with Crippen molar-refractivity contribution in [2.24, 2.45) is 0 Å². The minimum absolute atomic E-state index is 0.139. The van der Waals surface area contributed by atoms with E-state index in [4.69, 9.17) is 4.42 Å². The van der Waals surface area contributed by atoms with E-state index in [0.29, 0.717) is 18.8 Å². The molecule has 2 heterocycles. The van der Waals surface area contributed by atoms with E-state index in [9.17, 15) is 9.90 Å². The van der Waals surface area contributed by atoms with Gasteiger partial charge in [0.25, 0.3) is 0 Å². The van der Waals surface area contributed by atoms with E-state index >= 15 is 0 Å². The Bertz CT molecular complexity index is 1150. The van der Waals surface area contributed by atoms with Gasteiger partial charge in [-0.3, -0.25) is 0 Å². The molecule has 1 aliphatic rings. The predicted octanol–water partition coefficient (Wildman–Crippen LogP) is 5.29. The van der Waals surface area contributed by atoms with Crippen LogP contribution in [0, 0.1) is 0 Å². The van der Waals surface area contributed by atoms with Crippen molar-refractivity contribution in [3.8, 4) is 0 Å². The first kappa shape index (κ1) is 21.6. The Morgan fingerprint density at radius 3 is 2.30 bits per heavy atom. The molecule has 1 fully saturated rings. The summed E-state index contributed by atoms with van der Waals surface area (Å²) >= 11 is 0. The number of nitrogens with zero attached hydrogens (tertiary/aromatic N) is 2. The van der Waals surface area contributed by atoms with Crippen molar-refractivity contribution in [2.45, 2.75) is 57.3 Å². The molecule has 1 aliphatic carbocycles. The fourth-order valence-electron chi connectivity index (χ4n) is 5.05. The van der Waals surface area contributed by atoms with E-state index in [2.05, 4.69) is 34.1 Å². The minimum Gasteiger partial charge on any atom is -0.467 e. The number of aliphatic hydroxyl groups excluding tert-OH is 1. The Balaban J connectivity index is 1.36. The third-order valence-corrected chi connectivity index (χ3v) is 6.65. The summed E-state index contributed by atoms with van der Waals surface area (Å²) in [7, 11) is 0. The lowest BCUT2D eigenvalue weighted by Gasteiger charge is -2.29. The number of amides is 2. The summed E-state index contributed by atoms with van der Waals surface area (Å²) in [5, 5.41) is 16.6. The van der Waals surface area contributed by atoms with E-state index in [1.165, 1.54) is 17.2 Å². The van der Waals surface area contributed by atoms with E-state index in [0.717, 1.165) is 36.7 Å². The summed E-state index contributed by atoms with van der Waals surface area (Å²) in [5.74, 6) is 0.706. The molecule has 0 aliphatic heterocycles. The van der Waals surface area contributed by atoms with E-state index < -0.39 is 6.10 Å². The summed E-state index contributed by atoms with van der Waals surface area (Å²) in [6, 6.07) is 20.3. The minimum atomic E-state index is -0.726. The monoisotopic (exact) mass is 445 g/mol. The lowest BCUT2D eigenvalue weighted by atomic mass is 9.96. The second-order valence-corrected chi connectivity index (χ2v) is 9.04. The van der Waals surface area contributed by atoms with Gasteiger partial charge in [0.2, 0.25) is 0 Å². The Morgan fingerprint density at radius 1 is 1.00 bits per heavy atom. The van der Waals surface area contributed by atoms with Crippen molar-refractivity contribution in [3.63, 3.8) is 0 Å². The number of hydrogen-bond acceptors (Lipinski definition) is 3. The molecule has 4 aromatic rings. The lowest BCUT2D eigenvalue weighted by Crippen LogP contribution is -2.48. The zero-order chi connectivity index (χ0) is 22.6. The average Bonchev–Trinajstić information content (AvgIpc) is 3.46. The number of aromatic nitrogens is 1. The highest BCUT2D eigenvalue weighted by molar-refractivity contribution is 6.07. The van der Waals surface area contributed by atoms with Crippen LogP contribution in [0.3, 0.4) is 0 Å². The second kappa shape index (κ2) is 9.71.